The molecule has 1 N–H and O–H groups in total. The van der Waals surface area contributed by atoms with Gasteiger partial charge in [0.25, 0.3) is 0 Å². The molecule has 3 aliphatic heterocycles. The molecular weight excluding hydrogens is 461 g/mol. The number of nitriles is 1. The molecule has 3 aromatic carbocycles. The Morgan fingerprint density at radius 3 is 2.73 bits per heavy atom. The first-order valence-corrected chi connectivity index (χ1v) is 12.9. The summed E-state index contributed by atoms with van der Waals surface area (Å²) in [5.74, 6) is 6.65. The summed E-state index contributed by atoms with van der Waals surface area (Å²) >= 11 is 0. The Morgan fingerprint density at radius 2 is 1.95 bits per heavy atom. The maximum atomic E-state index is 13.7. The monoisotopic (exact) mass is 489 g/mol. The number of para-hydroxylation sites is 1. The fourth-order valence-electron chi connectivity index (χ4n) is 6.03. The first-order chi connectivity index (χ1) is 18.1. The summed E-state index contributed by atoms with van der Waals surface area (Å²) in [6, 6.07) is 23.0. The Labute approximate surface area is 217 Å². The zero-order valence-electron chi connectivity index (χ0n) is 20.9. The van der Waals surface area contributed by atoms with Crippen molar-refractivity contribution in [3.63, 3.8) is 0 Å². The van der Waals surface area contributed by atoms with E-state index in [2.05, 4.69) is 65.5 Å². The van der Waals surface area contributed by atoms with Crippen LogP contribution in [0.2, 0.25) is 0 Å². The largest absolute Gasteiger partial charge is 0.361 e. The normalized spacial score (nSPS) is 22.3. The maximum absolute atomic E-state index is 13.7. The van der Waals surface area contributed by atoms with Crippen molar-refractivity contribution < 1.29 is 9.13 Å². The van der Waals surface area contributed by atoms with Crippen LogP contribution >= 0.6 is 0 Å². The van der Waals surface area contributed by atoms with E-state index in [0.29, 0.717) is 18.7 Å². The molecule has 4 nitrogen and oxygen atoms in total. The number of rotatable bonds is 7. The Morgan fingerprint density at radius 1 is 1.11 bits per heavy atom. The van der Waals surface area contributed by atoms with Crippen LogP contribution < -0.4 is 10.2 Å². The molecule has 0 radical (unpaired) electrons. The molecular formula is C32H28FN3O. The van der Waals surface area contributed by atoms with Crippen LogP contribution in [0.1, 0.15) is 54.0 Å². The van der Waals surface area contributed by atoms with Gasteiger partial charge in [0.05, 0.1) is 30.5 Å². The number of halogens is 1. The zero-order valence-corrected chi connectivity index (χ0v) is 20.9. The number of hydrogen-bond donors (Lipinski definition) is 1. The minimum Gasteiger partial charge on any atom is -0.361 e. The van der Waals surface area contributed by atoms with Crippen molar-refractivity contribution in [1.29, 1.82) is 5.26 Å². The second-order valence-electron chi connectivity index (χ2n) is 9.83. The minimum absolute atomic E-state index is 0.193. The maximum Gasteiger partial charge on any atom is 0.133 e. The Kier molecular flexibility index (Phi) is 5.84. The summed E-state index contributed by atoms with van der Waals surface area (Å²) < 4.78 is 20.1. The van der Waals surface area contributed by atoms with Crippen molar-refractivity contribution in [3.8, 4) is 17.9 Å². The van der Waals surface area contributed by atoms with Crippen molar-refractivity contribution >= 4 is 11.3 Å². The lowest BCUT2D eigenvalue weighted by atomic mass is 9.81. The van der Waals surface area contributed by atoms with Crippen LogP contribution in [0.4, 0.5) is 10.1 Å². The number of fused-ring (bicyclic) bond motifs is 6. The summed E-state index contributed by atoms with van der Waals surface area (Å²) in [5.41, 5.74) is 6.69. The average Bonchev–Trinajstić information content (AvgIpc) is 3.58. The molecule has 0 amide bonds. The summed E-state index contributed by atoms with van der Waals surface area (Å²) in [7, 11) is 0. The van der Waals surface area contributed by atoms with E-state index in [1.807, 2.05) is 18.2 Å². The van der Waals surface area contributed by atoms with Gasteiger partial charge >= 0.3 is 0 Å². The average molecular weight is 490 g/mol. The van der Waals surface area contributed by atoms with Crippen LogP contribution in [0.25, 0.3) is 5.57 Å². The van der Waals surface area contributed by atoms with Gasteiger partial charge in [0, 0.05) is 17.3 Å². The molecule has 3 heterocycles. The molecule has 0 fully saturated rings. The highest BCUT2D eigenvalue weighted by Crippen LogP contribution is 2.56. The van der Waals surface area contributed by atoms with E-state index in [9.17, 15) is 9.65 Å². The Hall–Kier alpha value is -3.90. The number of hydrogen-bond acceptors (Lipinski definition) is 4. The fourth-order valence-corrected chi connectivity index (χ4v) is 6.03. The molecule has 3 aliphatic rings. The third-order valence-electron chi connectivity index (χ3n) is 7.93. The van der Waals surface area contributed by atoms with Crippen LogP contribution in [0.3, 0.4) is 0 Å². The lowest BCUT2D eigenvalue weighted by Crippen LogP contribution is -2.48. The molecule has 5 heteroatoms. The summed E-state index contributed by atoms with van der Waals surface area (Å²) in [6.07, 6.45) is 4.77. The molecule has 0 aromatic heterocycles. The lowest BCUT2D eigenvalue weighted by molar-refractivity contribution is -0.0129. The molecule has 2 unspecified atom stereocenters. The summed E-state index contributed by atoms with van der Waals surface area (Å²) in [4.78, 5) is 2.31. The molecule has 184 valence electrons. The molecule has 0 spiro atoms. The molecule has 0 saturated heterocycles. The standard InChI is InChI=1S/C32H28FN3O/c1-2-31(29-21-36(31)30-8-4-3-7-27(29)30)15-5-17-35-18-6-16-32(25-10-12-26(33)13-11-25)28-14-9-23(20-34)19-24(28)22-37-32/h3-4,7-14,19,21,35H,2,6,16-18,22H2,1H3. The van der Waals surface area contributed by atoms with Crippen LogP contribution in [0.15, 0.2) is 72.9 Å². The highest BCUT2D eigenvalue weighted by molar-refractivity contribution is 6.02. The minimum atomic E-state index is -0.646. The topological polar surface area (TPSA) is 48.3 Å². The highest BCUT2D eigenvalue weighted by Gasteiger charge is 2.52. The van der Waals surface area contributed by atoms with Crippen LogP contribution in [0, 0.1) is 29.0 Å². The summed E-state index contributed by atoms with van der Waals surface area (Å²) in [5, 5.41) is 12.8. The second-order valence-corrected chi connectivity index (χ2v) is 9.83. The van der Waals surface area contributed by atoms with Gasteiger partial charge in [0.15, 0.2) is 0 Å². The molecule has 2 atom stereocenters. The third kappa shape index (κ3) is 3.66. The zero-order chi connectivity index (χ0) is 25.5. The molecule has 2 bridgehead atoms. The Bertz CT molecular complexity index is 1490. The lowest BCUT2D eigenvalue weighted by Gasteiger charge is -2.41. The van der Waals surface area contributed by atoms with E-state index < -0.39 is 5.60 Å². The highest BCUT2D eigenvalue weighted by atomic mass is 19.1. The van der Waals surface area contributed by atoms with E-state index in [-0.39, 0.29) is 11.4 Å². The van der Waals surface area contributed by atoms with Crippen molar-refractivity contribution in [1.82, 2.24) is 5.32 Å². The van der Waals surface area contributed by atoms with E-state index in [0.717, 1.165) is 42.5 Å². The van der Waals surface area contributed by atoms with Crippen LogP contribution in [0.5, 0.6) is 0 Å². The fraction of sp³-hybridized carbons (Fsp3) is 0.281. The summed E-state index contributed by atoms with van der Waals surface area (Å²) in [6.45, 7) is 4.04. The van der Waals surface area contributed by atoms with Gasteiger partial charge in [-0.3, -0.25) is 0 Å². The van der Waals surface area contributed by atoms with E-state index in [1.165, 1.54) is 29.0 Å². The van der Waals surface area contributed by atoms with Crippen LogP contribution in [-0.2, 0) is 16.9 Å². The van der Waals surface area contributed by atoms with Gasteiger partial charge < -0.3 is 15.0 Å². The number of nitrogens with zero attached hydrogens (tertiary/aromatic N) is 2. The van der Waals surface area contributed by atoms with Crippen molar-refractivity contribution in [2.45, 2.75) is 43.9 Å². The molecule has 3 aromatic rings. The first-order valence-electron chi connectivity index (χ1n) is 12.9. The van der Waals surface area contributed by atoms with Crippen molar-refractivity contribution in [2.75, 3.05) is 18.0 Å². The first kappa shape index (κ1) is 23.5. The molecule has 6 rings (SSSR count). The predicted molar refractivity (Wildman–Crippen MR) is 143 cm³/mol. The van der Waals surface area contributed by atoms with Gasteiger partial charge in [-0.05, 0) is 72.8 Å². The van der Waals surface area contributed by atoms with E-state index in [4.69, 9.17) is 4.74 Å². The van der Waals surface area contributed by atoms with Crippen LogP contribution in [-0.4, -0.2) is 18.6 Å². The smallest absolute Gasteiger partial charge is 0.133 e. The Balaban J connectivity index is 1.11. The molecule has 37 heavy (non-hydrogen) atoms. The van der Waals surface area contributed by atoms with E-state index >= 15 is 0 Å². The second kappa shape index (κ2) is 9.20. The van der Waals surface area contributed by atoms with Gasteiger partial charge in [0.1, 0.15) is 17.0 Å². The van der Waals surface area contributed by atoms with Crippen molar-refractivity contribution in [3.05, 3.63) is 107 Å². The van der Waals surface area contributed by atoms with Gasteiger partial charge in [-0.2, -0.15) is 5.26 Å². The van der Waals surface area contributed by atoms with Gasteiger partial charge in [-0.15, -0.1) is 0 Å². The molecule has 0 saturated carbocycles. The number of benzene rings is 3. The van der Waals surface area contributed by atoms with Gasteiger partial charge in [-0.1, -0.05) is 55.2 Å². The predicted octanol–water partition coefficient (Wildman–Crippen LogP) is 5.87. The number of ether oxygens (including phenoxy) is 1. The number of nitrogens with one attached hydrogen (secondary N) is 1. The van der Waals surface area contributed by atoms with E-state index in [1.54, 1.807) is 12.1 Å². The van der Waals surface area contributed by atoms with Crippen molar-refractivity contribution in [2.24, 2.45) is 0 Å². The number of anilines is 1. The third-order valence-corrected chi connectivity index (χ3v) is 7.93. The SMILES string of the molecule is CCC1(C#CCNCCCC2(c3ccc(F)cc3)OCc3cc(C#N)ccc32)C2=CN1c1ccccc12. The quantitative estimate of drug-likeness (QED) is 0.333. The van der Waals surface area contributed by atoms with Gasteiger partial charge in [-0.25, -0.2) is 4.39 Å². The van der Waals surface area contributed by atoms with Gasteiger partial charge in [0.2, 0.25) is 0 Å². The molecule has 0 aliphatic carbocycles.